The molecule has 1 saturated heterocycles. The molecule has 5 heteroatoms. The molecule has 0 spiro atoms. The van der Waals surface area contributed by atoms with Gasteiger partial charge in [0, 0.05) is 12.8 Å². The van der Waals surface area contributed by atoms with Crippen LogP contribution in [0.25, 0.3) is 0 Å². The topological polar surface area (TPSA) is 65.0 Å². The molecular weight excluding hydrogens is 512 g/mol. The lowest BCUT2D eigenvalue weighted by Crippen LogP contribution is -2.36. The maximum atomic E-state index is 12.3. The number of carboxylic acid groups (broad SMARTS) is 1. The van der Waals surface area contributed by atoms with Gasteiger partial charge in [-0.05, 0) is 52.3 Å². The zero-order valence-electron chi connectivity index (χ0n) is 23.6. The molecule has 0 aromatic heterocycles. The number of ether oxygens (including phenoxy) is 3. The summed E-state index contributed by atoms with van der Waals surface area (Å²) in [6.45, 7) is 3.54. The smallest absolute Gasteiger partial charge is 0.336 e. The SMILES string of the molecule is CCc1ccc(Cc2ccc(C(=O)O)c([C@H]3C[C@@H](OCc4ccccc4)C[C@@H](COCc4ccccc4)O3)c2)cc1. The Kier molecular flexibility index (Phi) is 9.97. The van der Waals surface area contributed by atoms with Crippen molar-refractivity contribution in [1.82, 2.24) is 0 Å². The number of aryl methyl sites for hydroxylation is 1. The van der Waals surface area contributed by atoms with Crippen molar-refractivity contribution in [2.45, 2.75) is 64.1 Å². The first-order valence-electron chi connectivity index (χ1n) is 14.4. The second-order valence-corrected chi connectivity index (χ2v) is 10.7. The molecule has 1 aliphatic heterocycles. The molecule has 4 aromatic rings. The third-order valence-electron chi connectivity index (χ3n) is 7.64. The molecule has 0 unspecified atom stereocenters. The van der Waals surface area contributed by atoms with Crippen LogP contribution in [0.4, 0.5) is 0 Å². The molecule has 1 aliphatic rings. The van der Waals surface area contributed by atoms with Crippen LogP contribution in [0.2, 0.25) is 0 Å². The fraction of sp³-hybridized carbons (Fsp3) is 0.306. The van der Waals surface area contributed by atoms with Gasteiger partial charge in [-0.1, -0.05) is 104 Å². The van der Waals surface area contributed by atoms with Crippen molar-refractivity contribution < 1.29 is 24.1 Å². The first kappa shape index (κ1) is 28.7. The molecule has 0 radical (unpaired) electrons. The number of rotatable bonds is 12. The molecule has 3 atom stereocenters. The summed E-state index contributed by atoms with van der Waals surface area (Å²) in [6.07, 6.45) is 2.27. The van der Waals surface area contributed by atoms with Gasteiger partial charge in [0.25, 0.3) is 0 Å². The lowest BCUT2D eigenvalue weighted by atomic mass is 9.90. The highest BCUT2D eigenvalue weighted by molar-refractivity contribution is 5.89. The van der Waals surface area contributed by atoms with Gasteiger partial charge in [-0.25, -0.2) is 4.79 Å². The Hall–Kier alpha value is -3.77. The van der Waals surface area contributed by atoms with Crippen LogP contribution < -0.4 is 0 Å². The zero-order chi connectivity index (χ0) is 28.4. The van der Waals surface area contributed by atoms with E-state index in [2.05, 4.69) is 43.3 Å². The van der Waals surface area contributed by atoms with Gasteiger partial charge < -0.3 is 19.3 Å². The minimum atomic E-state index is -0.952. The van der Waals surface area contributed by atoms with E-state index in [-0.39, 0.29) is 17.8 Å². The van der Waals surface area contributed by atoms with E-state index in [9.17, 15) is 9.90 Å². The van der Waals surface area contributed by atoms with Crippen LogP contribution in [0.5, 0.6) is 0 Å². The van der Waals surface area contributed by atoms with Crippen molar-refractivity contribution >= 4 is 5.97 Å². The van der Waals surface area contributed by atoms with Gasteiger partial charge in [0.2, 0.25) is 0 Å². The molecule has 0 aliphatic carbocycles. The van der Waals surface area contributed by atoms with Crippen molar-refractivity contribution in [3.05, 3.63) is 142 Å². The van der Waals surface area contributed by atoms with Gasteiger partial charge in [0.1, 0.15) is 0 Å². The van der Waals surface area contributed by atoms with Crippen molar-refractivity contribution in [1.29, 1.82) is 0 Å². The molecule has 0 amide bonds. The maximum Gasteiger partial charge on any atom is 0.336 e. The molecule has 0 bridgehead atoms. The predicted octanol–water partition coefficient (Wildman–Crippen LogP) is 7.56. The van der Waals surface area contributed by atoms with Gasteiger partial charge in [-0.15, -0.1) is 0 Å². The van der Waals surface area contributed by atoms with Crippen molar-refractivity contribution in [2.75, 3.05) is 6.61 Å². The van der Waals surface area contributed by atoms with Crippen molar-refractivity contribution in [3.8, 4) is 0 Å². The van der Waals surface area contributed by atoms with Crippen LogP contribution in [0.15, 0.2) is 103 Å². The Labute approximate surface area is 242 Å². The lowest BCUT2D eigenvalue weighted by Gasteiger charge is -2.36. The monoisotopic (exact) mass is 550 g/mol. The van der Waals surface area contributed by atoms with Gasteiger partial charge >= 0.3 is 5.97 Å². The molecule has 1 fully saturated rings. The summed E-state index contributed by atoms with van der Waals surface area (Å²) in [4.78, 5) is 12.3. The summed E-state index contributed by atoms with van der Waals surface area (Å²) < 4.78 is 19.0. The Morgan fingerprint density at radius 2 is 1.41 bits per heavy atom. The molecule has 212 valence electrons. The normalized spacial score (nSPS) is 18.7. The Balaban J connectivity index is 1.35. The zero-order valence-corrected chi connectivity index (χ0v) is 23.6. The highest BCUT2D eigenvalue weighted by atomic mass is 16.5. The van der Waals surface area contributed by atoms with Crippen LogP contribution in [0, 0.1) is 0 Å². The van der Waals surface area contributed by atoms with Gasteiger partial charge in [-0.3, -0.25) is 0 Å². The molecular formula is C36H38O5. The molecule has 0 saturated carbocycles. The minimum Gasteiger partial charge on any atom is -0.478 e. The van der Waals surface area contributed by atoms with E-state index in [0.29, 0.717) is 38.2 Å². The second kappa shape index (κ2) is 14.2. The molecule has 5 nitrogen and oxygen atoms in total. The summed E-state index contributed by atoms with van der Waals surface area (Å²) >= 11 is 0. The van der Waals surface area contributed by atoms with E-state index in [1.165, 1.54) is 11.1 Å². The van der Waals surface area contributed by atoms with Crippen molar-refractivity contribution in [3.63, 3.8) is 0 Å². The molecule has 41 heavy (non-hydrogen) atoms. The second-order valence-electron chi connectivity index (χ2n) is 10.7. The molecule has 5 rings (SSSR count). The van der Waals surface area contributed by atoms with Crippen LogP contribution in [-0.4, -0.2) is 29.9 Å². The van der Waals surface area contributed by atoms with Crippen LogP contribution in [0.3, 0.4) is 0 Å². The standard InChI is InChI=1S/C36H38O5/c1-2-26-13-15-27(16-14-26)19-30-17-18-33(36(37)38)34(20-30)35-22-31(40-24-29-11-7-4-8-12-29)21-32(41-35)25-39-23-28-9-5-3-6-10-28/h3-18,20,31-32,35H,2,19,21-25H2,1H3,(H,37,38)/t31-,32-,35+/m0/s1. The third-order valence-corrected chi connectivity index (χ3v) is 7.64. The van der Waals surface area contributed by atoms with E-state index >= 15 is 0 Å². The number of hydrogen-bond donors (Lipinski definition) is 1. The molecule has 4 aromatic carbocycles. The predicted molar refractivity (Wildman–Crippen MR) is 160 cm³/mol. The molecule has 1 N–H and O–H groups in total. The number of carbonyl (C=O) groups is 1. The third kappa shape index (κ3) is 8.14. The molecule has 1 heterocycles. The van der Waals surface area contributed by atoms with Gasteiger partial charge in [0.05, 0.1) is 43.7 Å². The summed E-state index contributed by atoms with van der Waals surface area (Å²) in [5.41, 5.74) is 6.72. The van der Waals surface area contributed by atoms with Gasteiger partial charge in [0.15, 0.2) is 0 Å². The van der Waals surface area contributed by atoms with Crippen LogP contribution >= 0.6 is 0 Å². The summed E-state index contributed by atoms with van der Waals surface area (Å²) in [5, 5.41) is 10.1. The fourth-order valence-electron chi connectivity index (χ4n) is 5.40. The first-order valence-corrected chi connectivity index (χ1v) is 14.4. The summed E-state index contributed by atoms with van der Waals surface area (Å²) in [6, 6.07) is 34.4. The number of hydrogen-bond acceptors (Lipinski definition) is 4. The maximum absolute atomic E-state index is 12.3. The summed E-state index contributed by atoms with van der Waals surface area (Å²) in [5.74, 6) is -0.952. The van der Waals surface area contributed by atoms with Crippen molar-refractivity contribution in [2.24, 2.45) is 0 Å². The summed E-state index contributed by atoms with van der Waals surface area (Å²) in [7, 11) is 0. The van der Waals surface area contributed by atoms with Gasteiger partial charge in [-0.2, -0.15) is 0 Å². The minimum absolute atomic E-state index is 0.0915. The first-order chi connectivity index (χ1) is 20.1. The largest absolute Gasteiger partial charge is 0.478 e. The van der Waals surface area contributed by atoms with E-state index in [1.54, 1.807) is 6.07 Å². The Bertz CT molecular complexity index is 1380. The fourth-order valence-corrected chi connectivity index (χ4v) is 5.40. The quantitative estimate of drug-likeness (QED) is 0.197. The number of aromatic carboxylic acids is 1. The lowest BCUT2D eigenvalue weighted by molar-refractivity contribution is -0.142. The highest BCUT2D eigenvalue weighted by Gasteiger charge is 2.33. The van der Waals surface area contributed by atoms with Crippen LogP contribution in [0.1, 0.15) is 69.6 Å². The van der Waals surface area contributed by atoms with Crippen LogP contribution in [-0.2, 0) is 40.3 Å². The number of benzene rings is 4. The number of carboxylic acids is 1. The van der Waals surface area contributed by atoms with E-state index in [1.807, 2.05) is 60.7 Å². The average molecular weight is 551 g/mol. The Morgan fingerprint density at radius 3 is 2.07 bits per heavy atom. The Morgan fingerprint density at radius 1 is 0.780 bits per heavy atom. The highest BCUT2D eigenvalue weighted by Crippen LogP contribution is 2.36. The van der Waals surface area contributed by atoms with E-state index in [4.69, 9.17) is 14.2 Å². The van der Waals surface area contributed by atoms with E-state index in [0.717, 1.165) is 29.5 Å². The van der Waals surface area contributed by atoms with E-state index < -0.39 is 12.1 Å². The average Bonchev–Trinajstić information content (AvgIpc) is 3.01.